The van der Waals surface area contributed by atoms with Gasteiger partial charge in [0, 0.05) is 26.3 Å². The van der Waals surface area contributed by atoms with Crippen LogP contribution in [0, 0.1) is 0 Å². The molecule has 1 aromatic heterocycles. The minimum Gasteiger partial charge on any atom is -0.394 e. The van der Waals surface area contributed by atoms with E-state index in [1.165, 1.54) is 0 Å². The molecule has 1 aromatic rings. The van der Waals surface area contributed by atoms with E-state index in [-0.39, 0.29) is 0 Å². The molecule has 0 bridgehead atoms. The maximum atomic E-state index is 6.13. The molecule has 1 fully saturated rings. The van der Waals surface area contributed by atoms with E-state index in [9.17, 15) is 0 Å². The number of nitrogens with zero attached hydrogens (tertiary/aromatic N) is 2. The quantitative estimate of drug-likeness (QED) is 0.835. The van der Waals surface area contributed by atoms with E-state index in [4.69, 9.17) is 10.5 Å². The highest BCUT2D eigenvalue weighted by Crippen LogP contribution is 2.25. The zero-order valence-corrected chi connectivity index (χ0v) is 10.7. The number of hydrogen-bond donors (Lipinski definition) is 2. The molecule has 3 N–H and O–H groups in total. The topological polar surface area (TPSA) is 65.1 Å². The van der Waals surface area contributed by atoms with Gasteiger partial charge in [0.2, 0.25) is 0 Å². The van der Waals surface area contributed by atoms with Crippen molar-refractivity contribution in [2.24, 2.45) is 7.05 Å². The number of rotatable bonds is 4. The van der Waals surface area contributed by atoms with Crippen molar-refractivity contribution in [2.45, 2.75) is 38.6 Å². The Labute approximate surface area is 102 Å². The van der Waals surface area contributed by atoms with Gasteiger partial charge in [0.1, 0.15) is 5.82 Å². The zero-order chi connectivity index (χ0) is 12.3. The van der Waals surface area contributed by atoms with Gasteiger partial charge >= 0.3 is 0 Å². The molecule has 0 saturated carbocycles. The van der Waals surface area contributed by atoms with E-state index in [1.807, 2.05) is 11.7 Å². The van der Waals surface area contributed by atoms with Crippen LogP contribution in [0.2, 0.25) is 0 Å². The molecule has 5 nitrogen and oxygen atoms in total. The lowest BCUT2D eigenvalue weighted by Crippen LogP contribution is -2.29. The number of aromatic nitrogens is 2. The van der Waals surface area contributed by atoms with Gasteiger partial charge in [-0.05, 0) is 19.3 Å². The van der Waals surface area contributed by atoms with E-state index in [0.29, 0.717) is 6.04 Å². The average molecular weight is 238 g/mol. The molecule has 0 radical (unpaired) electrons. The Kier molecular flexibility index (Phi) is 3.89. The van der Waals surface area contributed by atoms with Gasteiger partial charge in [0.25, 0.3) is 0 Å². The molecule has 5 heteroatoms. The van der Waals surface area contributed by atoms with Crippen molar-refractivity contribution < 1.29 is 4.74 Å². The SMILES string of the molecule is CCCc1nn(C)c(NC2CCOCC2)c1N. The second-order valence-corrected chi connectivity index (χ2v) is 4.61. The first-order chi connectivity index (χ1) is 8.22. The molecule has 0 aromatic carbocycles. The van der Waals surface area contributed by atoms with Crippen LogP contribution in [0.25, 0.3) is 0 Å². The summed E-state index contributed by atoms with van der Waals surface area (Å²) >= 11 is 0. The largest absolute Gasteiger partial charge is 0.394 e. The lowest BCUT2D eigenvalue weighted by molar-refractivity contribution is 0.0903. The highest BCUT2D eigenvalue weighted by atomic mass is 16.5. The van der Waals surface area contributed by atoms with E-state index < -0.39 is 0 Å². The highest BCUT2D eigenvalue weighted by molar-refractivity contribution is 5.65. The molecule has 96 valence electrons. The molecule has 0 spiro atoms. The van der Waals surface area contributed by atoms with Crippen LogP contribution in [0.15, 0.2) is 0 Å². The van der Waals surface area contributed by atoms with Crippen LogP contribution < -0.4 is 11.1 Å². The maximum Gasteiger partial charge on any atom is 0.147 e. The molecule has 0 atom stereocenters. The number of nitrogens with two attached hydrogens (primary N) is 1. The standard InChI is InChI=1S/C12H22N4O/c1-3-4-10-11(13)12(16(2)15-10)14-9-5-7-17-8-6-9/h9,14H,3-8,13H2,1-2H3. The molecule has 2 heterocycles. The summed E-state index contributed by atoms with van der Waals surface area (Å²) in [5.41, 5.74) is 7.94. The van der Waals surface area contributed by atoms with Crippen molar-refractivity contribution >= 4 is 11.5 Å². The summed E-state index contributed by atoms with van der Waals surface area (Å²) in [4.78, 5) is 0. The lowest BCUT2D eigenvalue weighted by atomic mass is 10.1. The fourth-order valence-electron chi connectivity index (χ4n) is 2.22. The van der Waals surface area contributed by atoms with Gasteiger partial charge in [-0.1, -0.05) is 13.3 Å². The molecule has 2 rings (SSSR count). The summed E-state index contributed by atoms with van der Waals surface area (Å²) in [5, 5.41) is 7.96. The Hall–Kier alpha value is -1.23. The highest BCUT2D eigenvalue weighted by Gasteiger charge is 2.18. The minimum atomic E-state index is 0.455. The zero-order valence-electron chi connectivity index (χ0n) is 10.7. The van der Waals surface area contributed by atoms with E-state index in [0.717, 1.165) is 56.1 Å². The monoisotopic (exact) mass is 238 g/mol. The van der Waals surface area contributed by atoms with Gasteiger partial charge in [-0.15, -0.1) is 0 Å². The summed E-state index contributed by atoms with van der Waals surface area (Å²) in [5.74, 6) is 0.959. The van der Waals surface area contributed by atoms with Crippen LogP contribution in [-0.2, 0) is 18.2 Å². The number of ether oxygens (including phenoxy) is 1. The number of nitrogens with one attached hydrogen (secondary N) is 1. The van der Waals surface area contributed by atoms with Crippen LogP contribution in [0.5, 0.6) is 0 Å². The van der Waals surface area contributed by atoms with E-state index in [2.05, 4.69) is 17.3 Å². The fraction of sp³-hybridized carbons (Fsp3) is 0.750. The first kappa shape index (κ1) is 12.2. The smallest absolute Gasteiger partial charge is 0.147 e. The number of hydrogen-bond acceptors (Lipinski definition) is 4. The Morgan fingerprint density at radius 1 is 1.47 bits per heavy atom. The first-order valence-electron chi connectivity index (χ1n) is 6.38. The summed E-state index contributed by atoms with van der Waals surface area (Å²) in [6.07, 6.45) is 4.08. The van der Waals surface area contributed by atoms with Crippen molar-refractivity contribution in [2.75, 3.05) is 24.3 Å². The molecule has 0 unspecified atom stereocenters. The van der Waals surface area contributed by atoms with Crippen molar-refractivity contribution in [3.63, 3.8) is 0 Å². The van der Waals surface area contributed by atoms with Gasteiger partial charge < -0.3 is 15.8 Å². The summed E-state index contributed by atoms with van der Waals surface area (Å²) in [6, 6.07) is 0.455. The number of nitrogen functional groups attached to an aromatic ring is 1. The molecular weight excluding hydrogens is 216 g/mol. The minimum absolute atomic E-state index is 0.455. The maximum absolute atomic E-state index is 6.13. The second-order valence-electron chi connectivity index (χ2n) is 4.61. The van der Waals surface area contributed by atoms with Crippen molar-refractivity contribution in [3.05, 3.63) is 5.69 Å². The third-order valence-electron chi connectivity index (χ3n) is 3.21. The molecular formula is C12H22N4O. The molecule has 0 aliphatic carbocycles. The van der Waals surface area contributed by atoms with Gasteiger partial charge in [0.05, 0.1) is 11.4 Å². The van der Waals surface area contributed by atoms with E-state index in [1.54, 1.807) is 0 Å². The predicted molar refractivity (Wildman–Crippen MR) is 69.1 cm³/mol. The Balaban J connectivity index is 2.08. The van der Waals surface area contributed by atoms with Crippen molar-refractivity contribution in [1.29, 1.82) is 0 Å². The summed E-state index contributed by atoms with van der Waals surface area (Å²) in [7, 11) is 1.94. The first-order valence-corrected chi connectivity index (χ1v) is 6.38. The van der Waals surface area contributed by atoms with E-state index >= 15 is 0 Å². The van der Waals surface area contributed by atoms with Crippen molar-refractivity contribution in [3.8, 4) is 0 Å². The van der Waals surface area contributed by atoms with Gasteiger partial charge in [-0.3, -0.25) is 4.68 Å². The number of anilines is 2. The summed E-state index contributed by atoms with van der Waals surface area (Å²) < 4.78 is 7.20. The Bertz CT molecular complexity index is 369. The second kappa shape index (κ2) is 5.40. The van der Waals surface area contributed by atoms with Gasteiger partial charge in [-0.25, -0.2) is 0 Å². The molecule has 0 amide bonds. The van der Waals surface area contributed by atoms with Crippen LogP contribution in [0.4, 0.5) is 11.5 Å². The molecule has 1 saturated heterocycles. The molecule has 17 heavy (non-hydrogen) atoms. The normalized spacial score (nSPS) is 17.3. The third kappa shape index (κ3) is 2.72. The van der Waals surface area contributed by atoms with Crippen LogP contribution in [0.3, 0.4) is 0 Å². The third-order valence-corrected chi connectivity index (χ3v) is 3.21. The summed E-state index contributed by atoms with van der Waals surface area (Å²) in [6.45, 7) is 3.80. The van der Waals surface area contributed by atoms with Crippen LogP contribution >= 0.6 is 0 Å². The molecule has 1 aliphatic heterocycles. The number of aryl methyl sites for hydroxylation is 2. The van der Waals surface area contributed by atoms with Crippen LogP contribution in [0.1, 0.15) is 31.9 Å². The lowest BCUT2D eigenvalue weighted by Gasteiger charge is -2.24. The van der Waals surface area contributed by atoms with Gasteiger partial charge in [-0.2, -0.15) is 5.10 Å². The Morgan fingerprint density at radius 2 is 2.18 bits per heavy atom. The molecule has 1 aliphatic rings. The van der Waals surface area contributed by atoms with Crippen LogP contribution in [-0.4, -0.2) is 29.0 Å². The van der Waals surface area contributed by atoms with Gasteiger partial charge in [0.15, 0.2) is 0 Å². The fourth-order valence-corrected chi connectivity index (χ4v) is 2.22. The predicted octanol–water partition coefficient (Wildman–Crippen LogP) is 1.55. The van der Waals surface area contributed by atoms with Crippen molar-refractivity contribution in [1.82, 2.24) is 9.78 Å². The average Bonchev–Trinajstić information content (AvgIpc) is 2.59. The Morgan fingerprint density at radius 3 is 2.82 bits per heavy atom.